The molecule has 4 nitrogen and oxygen atoms in total. The number of benzene rings is 2. The fourth-order valence-electron chi connectivity index (χ4n) is 2.32. The highest BCUT2D eigenvalue weighted by Gasteiger charge is 2.09. The Kier molecular flexibility index (Phi) is 4.19. The third-order valence-corrected chi connectivity index (χ3v) is 3.54. The van der Waals surface area contributed by atoms with Crippen LogP contribution in [0.3, 0.4) is 0 Å². The Labute approximate surface area is 133 Å². The number of nitrogens with zero attached hydrogens (tertiary/aromatic N) is 2. The highest BCUT2D eigenvalue weighted by atomic mass is 19.1. The zero-order valence-electron chi connectivity index (χ0n) is 12.7. The van der Waals surface area contributed by atoms with Crippen molar-refractivity contribution in [2.45, 2.75) is 13.5 Å². The zero-order valence-corrected chi connectivity index (χ0v) is 12.7. The van der Waals surface area contributed by atoms with E-state index in [1.807, 2.05) is 25.1 Å². The summed E-state index contributed by atoms with van der Waals surface area (Å²) >= 11 is 0. The third kappa shape index (κ3) is 3.63. The number of hydrogen-bond donors (Lipinski definition) is 1. The molecule has 0 aliphatic carbocycles. The Morgan fingerprint density at radius 2 is 1.91 bits per heavy atom. The largest absolute Gasteiger partial charge is 0.319 e. The van der Waals surface area contributed by atoms with Crippen LogP contribution >= 0.6 is 0 Å². The topological polar surface area (TPSA) is 46.9 Å². The van der Waals surface area contributed by atoms with E-state index in [1.165, 1.54) is 12.1 Å². The van der Waals surface area contributed by atoms with Crippen molar-refractivity contribution in [3.63, 3.8) is 0 Å². The average Bonchev–Trinajstić information content (AvgIpc) is 2.97. The van der Waals surface area contributed by atoms with Crippen LogP contribution in [0.5, 0.6) is 0 Å². The van der Waals surface area contributed by atoms with Gasteiger partial charge in [0.1, 0.15) is 5.82 Å². The van der Waals surface area contributed by atoms with Gasteiger partial charge in [-0.05, 0) is 36.2 Å². The van der Waals surface area contributed by atoms with E-state index in [1.54, 1.807) is 35.3 Å². The number of aromatic nitrogens is 2. The number of nitrogens with one attached hydrogen (secondary N) is 1. The average molecular weight is 309 g/mol. The van der Waals surface area contributed by atoms with Crippen LogP contribution in [-0.2, 0) is 6.54 Å². The van der Waals surface area contributed by atoms with E-state index in [2.05, 4.69) is 10.4 Å². The van der Waals surface area contributed by atoms with E-state index in [4.69, 9.17) is 0 Å². The predicted octanol–water partition coefficient (Wildman–Crippen LogP) is 3.63. The Bertz CT molecular complexity index is 824. The molecule has 116 valence electrons. The van der Waals surface area contributed by atoms with Crippen molar-refractivity contribution in [2.24, 2.45) is 0 Å². The smallest absolute Gasteiger partial charge is 0.256 e. The van der Waals surface area contributed by atoms with Crippen molar-refractivity contribution < 1.29 is 9.18 Å². The molecule has 0 radical (unpaired) electrons. The van der Waals surface area contributed by atoms with Crippen LogP contribution in [0.25, 0.3) is 0 Å². The molecule has 1 N–H and O–H groups in total. The molecule has 0 unspecified atom stereocenters. The molecule has 2 aromatic carbocycles. The fraction of sp³-hybridized carbons (Fsp3) is 0.111. The molecule has 3 aromatic rings. The molecule has 0 spiro atoms. The summed E-state index contributed by atoms with van der Waals surface area (Å²) in [5.74, 6) is -0.426. The third-order valence-electron chi connectivity index (χ3n) is 3.54. The summed E-state index contributed by atoms with van der Waals surface area (Å²) < 4.78 is 14.6. The van der Waals surface area contributed by atoms with Crippen molar-refractivity contribution in [3.8, 4) is 0 Å². The minimum absolute atomic E-state index is 0.163. The minimum Gasteiger partial charge on any atom is -0.319 e. The lowest BCUT2D eigenvalue weighted by molar-refractivity contribution is 0.102. The Hall–Kier alpha value is -2.95. The quantitative estimate of drug-likeness (QED) is 0.800. The first kappa shape index (κ1) is 15.0. The van der Waals surface area contributed by atoms with Crippen molar-refractivity contribution in [3.05, 3.63) is 83.4 Å². The number of amides is 1. The molecule has 0 aliphatic rings. The van der Waals surface area contributed by atoms with Crippen molar-refractivity contribution in [1.29, 1.82) is 0 Å². The number of hydrogen-bond acceptors (Lipinski definition) is 2. The van der Waals surface area contributed by atoms with Gasteiger partial charge in [-0.15, -0.1) is 0 Å². The standard InChI is InChI=1S/C18H16FN3O/c1-13-4-2-3-5-17(13)18(23)21-16-10-20-22(12-16)11-14-6-8-15(19)9-7-14/h2-10,12H,11H2,1H3,(H,21,23). The van der Waals surface area contributed by atoms with E-state index in [0.29, 0.717) is 17.8 Å². The molecule has 23 heavy (non-hydrogen) atoms. The van der Waals surface area contributed by atoms with E-state index in [0.717, 1.165) is 11.1 Å². The molecule has 1 aromatic heterocycles. The molecule has 0 aliphatic heterocycles. The molecule has 0 atom stereocenters. The summed E-state index contributed by atoms with van der Waals surface area (Å²) in [6, 6.07) is 13.7. The van der Waals surface area contributed by atoms with Gasteiger partial charge in [-0.25, -0.2) is 4.39 Å². The summed E-state index contributed by atoms with van der Waals surface area (Å²) in [4.78, 5) is 12.3. The van der Waals surface area contributed by atoms with Crippen LogP contribution in [0.4, 0.5) is 10.1 Å². The number of rotatable bonds is 4. The number of carbonyl (C=O) groups excluding carboxylic acids is 1. The van der Waals surface area contributed by atoms with Crippen LogP contribution in [-0.4, -0.2) is 15.7 Å². The minimum atomic E-state index is -0.264. The molecule has 5 heteroatoms. The predicted molar refractivity (Wildman–Crippen MR) is 86.9 cm³/mol. The first-order chi connectivity index (χ1) is 11.1. The van der Waals surface area contributed by atoms with Crippen LogP contribution in [0, 0.1) is 12.7 Å². The lowest BCUT2D eigenvalue weighted by atomic mass is 10.1. The lowest BCUT2D eigenvalue weighted by Gasteiger charge is -2.05. The van der Waals surface area contributed by atoms with Gasteiger partial charge >= 0.3 is 0 Å². The number of aryl methyl sites for hydroxylation is 1. The van der Waals surface area contributed by atoms with Crippen LogP contribution in [0.2, 0.25) is 0 Å². The maximum absolute atomic E-state index is 12.9. The summed E-state index contributed by atoms with van der Waals surface area (Å²) in [7, 11) is 0. The maximum Gasteiger partial charge on any atom is 0.256 e. The van der Waals surface area contributed by atoms with Gasteiger partial charge in [0.05, 0.1) is 18.4 Å². The summed E-state index contributed by atoms with van der Waals surface area (Å²) in [5.41, 5.74) is 3.12. The highest BCUT2D eigenvalue weighted by molar-refractivity contribution is 6.05. The van der Waals surface area contributed by atoms with Gasteiger partial charge in [-0.1, -0.05) is 30.3 Å². The van der Waals surface area contributed by atoms with Gasteiger partial charge in [0, 0.05) is 11.8 Å². The Morgan fingerprint density at radius 1 is 1.17 bits per heavy atom. The molecule has 0 saturated heterocycles. The molecular weight excluding hydrogens is 293 g/mol. The van der Waals surface area contributed by atoms with Crippen molar-refractivity contribution >= 4 is 11.6 Å². The van der Waals surface area contributed by atoms with Crippen molar-refractivity contribution in [1.82, 2.24) is 9.78 Å². The van der Waals surface area contributed by atoms with Gasteiger partial charge in [0.2, 0.25) is 0 Å². The molecule has 1 amide bonds. The first-order valence-electron chi connectivity index (χ1n) is 7.26. The monoisotopic (exact) mass is 309 g/mol. The molecule has 1 heterocycles. The van der Waals surface area contributed by atoms with Crippen LogP contribution in [0.1, 0.15) is 21.5 Å². The maximum atomic E-state index is 12.9. The number of carbonyl (C=O) groups is 1. The Balaban J connectivity index is 1.69. The number of halogens is 1. The van der Waals surface area contributed by atoms with E-state index >= 15 is 0 Å². The van der Waals surface area contributed by atoms with Gasteiger partial charge in [0.15, 0.2) is 0 Å². The summed E-state index contributed by atoms with van der Waals surface area (Å²) in [5, 5.41) is 7.04. The zero-order chi connectivity index (χ0) is 16.2. The second-order valence-corrected chi connectivity index (χ2v) is 5.32. The molecule has 0 fully saturated rings. The molecular formula is C18H16FN3O. The van der Waals surface area contributed by atoms with Gasteiger partial charge in [-0.3, -0.25) is 9.48 Å². The first-order valence-corrected chi connectivity index (χ1v) is 7.26. The fourth-order valence-corrected chi connectivity index (χ4v) is 2.32. The second-order valence-electron chi connectivity index (χ2n) is 5.32. The molecule has 0 saturated carbocycles. The molecule has 3 rings (SSSR count). The summed E-state index contributed by atoms with van der Waals surface area (Å²) in [6.07, 6.45) is 3.35. The Morgan fingerprint density at radius 3 is 2.65 bits per heavy atom. The van der Waals surface area contributed by atoms with Crippen molar-refractivity contribution in [2.75, 3.05) is 5.32 Å². The van der Waals surface area contributed by atoms with Crippen LogP contribution < -0.4 is 5.32 Å². The second kappa shape index (κ2) is 6.44. The van der Waals surface area contributed by atoms with E-state index in [9.17, 15) is 9.18 Å². The van der Waals surface area contributed by atoms with E-state index in [-0.39, 0.29) is 11.7 Å². The van der Waals surface area contributed by atoms with Gasteiger partial charge in [0.25, 0.3) is 5.91 Å². The summed E-state index contributed by atoms with van der Waals surface area (Å²) in [6.45, 7) is 2.41. The van der Waals surface area contributed by atoms with Gasteiger partial charge in [-0.2, -0.15) is 5.10 Å². The van der Waals surface area contributed by atoms with Crippen LogP contribution in [0.15, 0.2) is 60.9 Å². The van der Waals surface area contributed by atoms with E-state index < -0.39 is 0 Å². The normalized spacial score (nSPS) is 10.5. The number of anilines is 1. The highest BCUT2D eigenvalue weighted by Crippen LogP contribution is 2.13. The SMILES string of the molecule is Cc1ccccc1C(=O)Nc1cnn(Cc2ccc(F)cc2)c1. The lowest BCUT2D eigenvalue weighted by Crippen LogP contribution is -2.12. The van der Waals surface area contributed by atoms with Gasteiger partial charge < -0.3 is 5.32 Å². The molecule has 0 bridgehead atoms.